The smallest absolute Gasteiger partial charge is 0.184 e. The number of halogens is 2. The van der Waals surface area contributed by atoms with E-state index in [9.17, 15) is 8.78 Å². The Morgan fingerprint density at radius 2 is 2.11 bits per heavy atom. The molecule has 2 heterocycles. The maximum absolute atomic E-state index is 14.3. The molecule has 4 rings (SSSR count). The van der Waals surface area contributed by atoms with Crippen LogP contribution in [0.2, 0.25) is 0 Å². The Morgan fingerprint density at radius 1 is 1.26 bits per heavy atom. The molecule has 5 heteroatoms. The van der Waals surface area contributed by atoms with E-state index in [2.05, 4.69) is 10.3 Å². The van der Waals surface area contributed by atoms with Crippen molar-refractivity contribution in [2.75, 3.05) is 12.3 Å². The highest BCUT2D eigenvalue weighted by molar-refractivity contribution is 6.03. The molecule has 0 spiro atoms. The third-order valence-electron chi connectivity index (χ3n) is 4.12. The van der Waals surface area contributed by atoms with Gasteiger partial charge >= 0.3 is 0 Å². The highest BCUT2D eigenvalue weighted by Crippen LogP contribution is 2.42. The lowest BCUT2D eigenvalue weighted by atomic mass is 9.82. The number of rotatable bonds is 0. The summed E-state index contributed by atoms with van der Waals surface area (Å²) in [4.78, 5) is 2.98. The third-order valence-corrected chi connectivity index (χ3v) is 4.12. The number of nitrogen functional groups attached to an aromatic ring is 1. The normalized spacial score (nSPS) is 21.4. The van der Waals surface area contributed by atoms with Crippen molar-refractivity contribution in [1.82, 2.24) is 10.3 Å². The average Bonchev–Trinajstić information content (AvgIpc) is 2.84. The molecular weight excluding hydrogens is 248 g/mol. The topological polar surface area (TPSA) is 53.8 Å². The van der Waals surface area contributed by atoms with Crippen LogP contribution in [0, 0.1) is 11.6 Å². The summed E-state index contributed by atoms with van der Waals surface area (Å²) in [5.41, 5.74) is 8.27. The first-order valence-corrected chi connectivity index (χ1v) is 6.38. The Bertz CT molecular complexity index is 730. The number of H-pyrrole nitrogens is 1. The van der Waals surface area contributed by atoms with Gasteiger partial charge in [0.15, 0.2) is 11.6 Å². The Balaban J connectivity index is 2.16. The predicted octanol–water partition coefficient (Wildman–Crippen LogP) is 2.33. The van der Waals surface area contributed by atoms with E-state index < -0.39 is 11.6 Å². The molecule has 2 aliphatic rings. The zero-order valence-corrected chi connectivity index (χ0v) is 10.2. The van der Waals surface area contributed by atoms with Crippen LogP contribution in [0.15, 0.2) is 12.3 Å². The van der Waals surface area contributed by atoms with Crippen LogP contribution in [0.3, 0.4) is 0 Å². The van der Waals surface area contributed by atoms with Gasteiger partial charge in [-0.25, -0.2) is 8.78 Å². The van der Waals surface area contributed by atoms with E-state index in [1.807, 2.05) is 6.08 Å². The minimum Gasteiger partial charge on any atom is -0.395 e. The molecule has 1 atom stereocenters. The second-order valence-electron chi connectivity index (χ2n) is 5.14. The van der Waals surface area contributed by atoms with Gasteiger partial charge in [0.2, 0.25) is 0 Å². The van der Waals surface area contributed by atoms with Gasteiger partial charge in [0, 0.05) is 23.2 Å². The predicted molar refractivity (Wildman–Crippen MR) is 70.7 cm³/mol. The molecule has 0 amide bonds. The van der Waals surface area contributed by atoms with E-state index in [1.54, 1.807) is 6.20 Å². The van der Waals surface area contributed by atoms with Crippen LogP contribution in [-0.4, -0.2) is 17.6 Å². The molecule has 19 heavy (non-hydrogen) atoms. The molecule has 0 saturated carbocycles. The third kappa shape index (κ3) is 1.28. The maximum atomic E-state index is 14.3. The van der Waals surface area contributed by atoms with Gasteiger partial charge < -0.3 is 16.0 Å². The first-order valence-electron chi connectivity index (χ1n) is 6.38. The van der Waals surface area contributed by atoms with Gasteiger partial charge in [-0.1, -0.05) is 6.08 Å². The molecule has 4 N–H and O–H groups in total. The summed E-state index contributed by atoms with van der Waals surface area (Å²) in [5, 5.41) is 4.09. The fourth-order valence-corrected chi connectivity index (χ4v) is 3.26. The van der Waals surface area contributed by atoms with Crippen molar-refractivity contribution in [3.8, 4) is 0 Å². The second-order valence-corrected chi connectivity index (χ2v) is 5.14. The molecule has 98 valence electrons. The van der Waals surface area contributed by atoms with Crippen molar-refractivity contribution >= 4 is 22.2 Å². The second kappa shape index (κ2) is 3.57. The molecule has 0 radical (unpaired) electrons. The van der Waals surface area contributed by atoms with E-state index in [4.69, 9.17) is 5.73 Å². The molecule has 0 unspecified atom stereocenters. The molecular formula is C14H13F2N3. The molecule has 1 aromatic heterocycles. The van der Waals surface area contributed by atoms with E-state index in [0.29, 0.717) is 11.1 Å². The SMILES string of the molecule is Nc1c(F)c(F)c2c3c(c[nH]c13)C[C@H]1NCCC=C21. The van der Waals surface area contributed by atoms with Gasteiger partial charge in [-0.3, -0.25) is 0 Å². The molecule has 0 fully saturated rings. The van der Waals surface area contributed by atoms with Gasteiger partial charge in [0.05, 0.1) is 11.2 Å². The Labute approximate surface area is 108 Å². The van der Waals surface area contributed by atoms with E-state index in [-0.39, 0.29) is 11.7 Å². The Kier molecular flexibility index (Phi) is 2.07. The summed E-state index contributed by atoms with van der Waals surface area (Å²) in [6.45, 7) is 0.871. The van der Waals surface area contributed by atoms with Crippen molar-refractivity contribution in [3.05, 3.63) is 35.0 Å². The summed E-state index contributed by atoms with van der Waals surface area (Å²) in [7, 11) is 0. The van der Waals surface area contributed by atoms with Gasteiger partial charge in [0.25, 0.3) is 0 Å². The number of benzene rings is 1. The van der Waals surface area contributed by atoms with Crippen LogP contribution in [0.4, 0.5) is 14.5 Å². The number of aromatic nitrogens is 1. The Hall–Kier alpha value is -1.88. The molecule has 1 aliphatic heterocycles. The summed E-state index contributed by atoms with van der Waals surface area (Å²) < 4.78 is 28.3. The quantitative estimate of drug-likeness (QED) is 0.637. The van der Waals surface area contributed by atoms with Crippen molar-refractivity contribution in [1.29, 1.82) is 0 Å². The van der Waals surface area contributed by atoms with Crippen LogP contribution >= 0.6 is 0 Å². The lowest BCUT2D eigenvalue weighted by Crippen LogP contribution is -2.37. The zero-order valence-electron chi connectivity index (χ0n) is 10.2. The van der Waals surface area contributed by atoms with E-state index in [1.165, 1.54) is 0 Å². The van der Waals surface area contributed by atoms with Crippen LogP contribution < -0.4 is 11.1 Å². The van der Waals surface area contributed by atoms with Gasteiger partial charge in [-0.2, -0.15) is 0 Å². The van der Waals surface area contributed by atoms with E-state index in [0.717, 1.165) is 35.9 Å². The number of aromatic amines is 1. The van der Waals surface area contributed by atoms with Crippen molar-refractivity contribution < 1.29 is 8.78 Å². The summed E-state index contributed by atoms with van der Waals surface area (Å²) in [6.07, 6.45) is 5.42. The summed E-state index contributed by atoms with van der Waals surface area (Å²) >= 11 is 0. The molecule has 2 aromatic rings. The lowest BCUT2D eigenvalue weighted by molar-refractivity contribution is 0.506. The van der Waals surface area contributed by atoms with Crippen molar-refractivity contribution in [3.63, 3.8) is 0 Å². The first-order chi connectivity index (χ1) is 9.18. The van der Waals surface area contributed by atoms with Gasteiger partial charge in [0.1, 0.15) is 0 Å². The fraction of sp³-hybridized carbons (Fsp3) is 0.286. The molecule has 1 aromatic carbocycles. The number of fused-ring (bicyclic) bond motifs is 2. The lowest BCUT2D eigenvalue weighted by Gasteiger charge is -2.30. The number of nitrogens with one attached hydrogen (secondary N) is 2. The fourth-order valence-electron chi connectivity index (χ4n) is 3.26. The summed E-state index contributed by atoms with van der Waals surface area (Å²) in [6, 6.07) is 0.0674. The average molecular weight is 261 g/mol. The number of nitrogens with two attached hydrogens (primary N) is 1. The largest absolute Gasteiger partial charge is 0.395 e. The first kappa shape index (κ1) is 11.0. The molecule has 1 aliphatic carbocycles. The van der Waals surface area contributed by atoms with Crippen LogP contribution in [0.5, 0.6) is 0 Å². The molecule has 3 nitrogen and oxygen atoms in total. The molecule has 0 bridgehead atoms. The highest BCUT2D eigenvalue weighted by atomic mass is 19.2. The zero-order chi connectivity index (χ0) is 13.1. The van der Waals surface area contributed by atoms with Gasteiger partial charge in [-0.05, 0) is 30.5 Å². The van der Waals surface area contributed by atoms with Crippen LogP contribution in [-0.2, 0) is 6.42 Å². The van der Waals surface area contributed by atoms with E-state index >= 15 is 0 Å². The van der Waals surface area contributed by atoms with Crippen LogP contribution in [0.1, 0.15) is 17.5 Å². The van der Waals surface area contributed by atoms with Crippen LogP contribution in [0.25, 0.3) is 16.5 Å². The molecule has 0 saturated heterocycles. The van der Waals surface area contributed by atoms with Crippen molar-refractivity contribution in [2.45, 2.75) is 18.9 Å². The minimum atomic E-state index is -0.956. The standard InChI is InChI=1S/C14H13F2N3/c15-11-10-7-2-1-3-18-8(7)4-6-5-19-14(9(6)10)13(17)12(11)16/h2,5,8,18-19H,1,3-4,17H2/t8-/m1/s1. The Morgan fingerprint density at radius 3 is 2.95 bits per heavy atom. The number of hydrogen-bond donors (Lipinski definition) is 3. The number of hydrogen-bond acceptors (Lipinski definition) is 2. The minimum absolute atomic E-state index is 0.0674. The summed E-state index contributed by atoms with van der Waals surface area (Å²) in [5.74, 6) is -1.78. The van der Waals surface area contributed by atoms with Crippen molar-refractivity contribution in [2.24, 2.45) is 0 Å². The maximum Gasteiger partial charge on any atom is 0.184 e. The highest BCUT2D eigenvalue weighted by Gasteiger charge is 2.32. The van der Waals surface area contributed by atoms with Gasteiger partial charge in [-0.15, -0.1) is 0 Å². The number of anilines is 1. The monoisotopic (exact) mass is 261 g/mol.